The lowest BCUT2D eigenvalue weighted by molar-refractivity contribution is -0.121. The van der Waals surface area contributed by atoms with E-state index in [4.69, 9.17) is 0 Å². The lowest BCUT2D eigenvalue weighted by Gasteiger charge is -2.15. The number of anilines is 2. The van der Waals surface area contributed by atoms with Crippen molar-refractivity contribution in [2.75, 3.05) is 10.6 Å². The molecular formula is C24H23N7O2. The molecule has 3 amide bonds. The molecule has 1 heterocycles. The van der Waals surface area contributed by atoms with Gasteiger partial charge in [-0.15, -0.1) is 5.10 Å². The highest BCUT2D eigenvalue weighted by Gasteiger charge is 2.11. The van der Waals surface area contributed by atoms with E-state index >= 15 is 0 Å². The number of hydrogen-bond acceptors (Lipinski definition) is 5. The monoisotopic (exact) mass is 441 g/mol. The van der Waals surface area contributed by atoms with Gasteiger partial charge in [-0.25, -0.2) is 9.48 Å². The van der Waals surface area contributed by atoms with Crippen molar-refractivity contribution < 1.29 is 9.59 Å². The molecule has 3 N–H and O–H groups in total. The van der Waals surface area contributed by atoms with Crippen LogP contribution in [0.5, 0.6) is 0 Å². The first-order valence-electron chi connectivity index (χ1n) is 10.4. The van der Waals surface area contributed by atoms with Crippen molar-refractivity contribution >= 4 is 23.3 Å². The molecule has 1 atom stereocenters. The van der Waals surface area contributed by atoms with Crippen molar-refractivity contribution in [1.82, 2.24) is 25.5 Å². The summed E-state index contributed by atoms with van der Waals surface area (Å²) in [4.78, 5) is 24.6. The van der Waals surface area contributed by atoms with Crippen molar-refractivity contribution in [3.05, 3.63) is 96.3 Å². The minimum Gasteiger partial charge on any atom is -0.349 e. The number of benzene rings is 3. The number of urea groups is 1. The van der Waals surface area contributed by atoms with Crippen LogP contribution >= 0.6 is 0 Å². The third-order valence-electron chi connectivity index (χ3n) is 4.99. The Morgan fingerprint density at radius 3 is 2.18 bits per heavy atom. The molecule has 33 heavy (non-hydrogen) atoms. The van der Waals surface area contributed by atoms with Crippen LogP contribution in [0.25, 0.3) is 5.69 Å². The normalized spacial score (nSPS) is 11.4. The average Bonchev–Trinajstić information content (AvgIpc) is 3.35. The molecule has 0 fully saturated rings. The Bertz CT molecular complexity index is 1190. The number of rotatable bonds is 7. The summed E-state index contributed by atoms with van der Waals surface area (Å²) in [5.74, 6) is -0.0814. The number of para-hydroxylation sites is 1. The van der Waals surface area contributed by atoms with E-state index in [9.17, 15) is 9.59 Å². The van der Waals surface area contributed by atoms with Crippen molar-refractivity contribution in [3.63, 3.8) is 0 Å². The number of tetrazole rings is 1. The van der Waals surface area contributed by atoms with Crippen molar-refractivity contribution in [2.24, 2.45) is 0 Å². The maximum Gasteiger partial charge on any atom is 0.323 e. The van der Waals surface area contributed by atoms with Gasteiger partial charge in [0.25, 0.3) is 0 Å². The Balaban J connectivity index is 1.27. The van der Waals surface area contributed by atoms with Crippen LogP contribution in [-0.2, 0) is 11.2 Å². The Morgan fingerprint density at radius 1 is 0.879 bits per heavy atom. The van der Waals surface area contributed by atoms with Gasteiger partial charge in [-0.05, 0) is 64.9 Å². The number of carbonyl (C=O) groups is 2. The van der Waals surface area contributed by atoms with Gasteiger partial charge in [-0.3, -0.25) is 4.79 Å². The summed E-state index contributed by atoms with van der Waals surface area (Å²) < 4.78 is 1.55. The van der Waals surface area contributed by atoms with Gasteiger partial charge >= 0.3 is 6.03 Å². The molecular weight excluding hydrogens is 418 g/mol. The molecule has 0 spiro atoms. The highest BCUT2D eigenvalue weighted by molar-refractivity contribution is 5.99. The molecule has 166 valence electrons. The Labute approximate surface area is 190 Å². The molecule has 1 aromatic heterocycles. The largest absolute Gasteiger partial charge is 0.349 e. The Morgan fingerprint density at radius 2 is 1.55 bits per heavy atom. The maximum atomic E-state index is 12.5. The number of nitrogens with zero attached hydrogens (tertiary/aromatic N) is 4. The average molecular weight is 441 g/mol. The standard InChI is InChI=1S/C24H23N7O2/c1-17(26-23(32)15-18-7-13-22(14-8-18)31-16-25-29-30-31)19-9-11-21(12-10-19)28-24(33)27-20-5-3-2-4-6-20/h2-14,16-17H,15H2,1H3,(H,26,32)(H2,27,28,33). The second-order valence-electron chi connectivity index (χ2n) is 7.45. The molecule has 0 aliphatic carbocycles. The zero-order chi connectivity index (χ0) is 23.0. The fourth-order valence-corrected chi connectivity index (χ4v) is 3.28. The first-order chi connectivity index (χ1) is 16.1. The second-order valence-corrected chi connectivity index (χ2v) is 7.45. The molecule has 0 aliphatic heterocycles. The summed E-state index contributed by atoms with van der Waals surface area (Å²) in [5.41, 5.74) is 4.02. The Hall–Kier alpha value is -4.53. The quantitative estimate of drug-likeness (QED) is 0.404. The van der Waals surface area contributed by atoms with E-state index in [1.807, 2.05) is 73.7 Å². The predicted octanol–water partition coefficient (Wildman–Crippen LogP) is 3.73. The fraction of sp³-hybridized carbons (Fsp3) is 0.125. The smallest absolute Gasteiger partial charge is 0.323 e. The minimum absolute atomic E-state index is 0.0814. The van der Waals surface area contributed by atoms with Gasteiger partial charge in [-0.2, -0.15) is 0 Å². The van der Waals surface area contributed by atoms with Crippen LogP contribution in [0.1, 0.15) is 24.1 Å². The van der Waals surface area contributed by atoms with Crippen LogP contribution in [0.15, 0.2) is 85.2 Å². The molecule has 0 radical (unpaired) electrons. The van der Waals surface area contributed by atoms with Crippen LogP contribution in [0.3, 0.4) is 0 Å². The Kier molecular flexibility index (Phi) is 6.70. The minimum atomic E-state index is -0.318. The van der Waals surface area contributed by atoms with Gasteiger partial charge in [0.1, 0.15) is 6.33 Å². The van der Waals surface area contributed by atoms with Crippen LogP contribution in [0, 0.1) is 0 Å². The lowest BCUT2D eigenvalue weighted by atomic mass is 10.1. The molecule has 4 rings (SSSR count). The van der Waals surface area contributed by atoms with Gasteiger partial charge in [0, 0.05) is 11.4 Å². The molecule has 9 heteroatoms. The van der Waals surface area contributed by atoms with E-state index in [0.29, 0.717) is 11.4 Å². The van der Waals surface area contributed by atoms with Crippen molar-refractivity contribution in [3.8, 4) is 5.69 Å². The molecule has 0 bridgehead atoms. The lowest BCUT2D eigenvalue weighted by Crippen LogP contribution is -2.28. The van der Waals surface area contributed by atoms with Gasteiger partial charge < -0.3 is 16.0 Å². The highest BCUT2D eigenvalue weighted by Crippen LogP contribution is 2.17. The summed E-state index contributed by atoms with van der Waals surface area (Å²) in [6.07, 6.45) is 1.78. The summed E-state index contributed by atoms with van der Waals surface area (Å²) in [5, 5.41) is 19.6. The van der Waals surface area contributed by atoms with Crippen LogP contribution < -0.4 is 16.0 Å². The number of amides is 3. The summed E-state index contributed by atoms with van der Waals surface area (Å²) in [6.45, 7) is 1.92. The van der Waals surface area contributed by atoms with Gasteiger partial charge in [0.2, 0.25) is 5.91 Å². The summed E-state index contributed by atoms with van der Waals surface area (Å²) in [6, 6.07) is 23.6. The highest BCUT2D eigenvalue weighted by atomic mass is 16.2. The molecule has 4 aromatic rings. The fourth-order valence-electron chi connectivity index (χ4n) is 3.28. The van der Waals surface area contributed by atoms with Gasteiger partial charge in [0.05, 0.1) is 18.2 Å². The van der Waals surface area contributed by atoms with E-state index in [0.717, 1.165) is 16.8 Å². The van der Waals surface area contributed by atoms with Crippen LogP contribution in [-0.4, -0.2) is 32.1 Å². The SMILES string of the molecule is CC(NC(=O)Cc1ccc(-n2cnnn2)cc1)c1ccc(NC(=O)Nc2ccccc2)cc1. The van der Waals surface area contributed by atoms with E-state index < -0.39 is 0 Å². The second kappa shape index (κ2) is 10.2. The van der Waals surface area contributed by atoms with E-state index in [-0.39, 0.29) is 24.4 Å². The first kappa shape index (κ1) is 21.7. The maximum absolute atomic E-state index is 12.5. The topological polar surface area (TPSA) is 114 Å². The van der Waals surface area contributed by atoms with Gasteiger partial charge in [-0.1, -0.05) is 42.5 Å². The van der Waals surface area contributed by atoms with Crippen molar-refractivity contribution in [2.45, 2.75) is 19.4 Å². The summed E-state index contributed by atoms with van der Waals surface area (Å²) >= 11 is 0. The van der Waals surface area contributed by atoms with E-state index in [1.165, 1.54) is 6.33 Å². The zero-order valence-electron chi connectivity index (χ0n) is 18.0. The van der Waals surface area contributed by atoms with E-state index in [1.54, 1.807) is 16.8 Å². The molecule has 3 aromatic carbocycles. The molecule has 9 nitrogen and oxygen atoms in total. The van der Waals surface area contributed by atoms with Crippen LogP contribution in [0.4, 0.5) is 16.2 Å². The van der Waals surface area contributed by atoms with Gasteiger partial charge in [0.15, 0.2) is 0 Å². The molecule has 0 aliphatic rings. The summed E-state index contributed by atoms with van der Waals surface area (Å²) in [7, 11) is 0. The number of carbonyl (C=O) groups excluding carboxylic acids is 2. The zero-order valence-corrected chi connectivity index (χ0v) is 18.0. The van der Waals surface area contributed by atoms with Crippen molar-refractivity contribution in [1.29, 1.82) is 0 Å². The van der Waals surface area contributed by atoms with E-state index in [2.05, 4.69) is 31.5 Å². The number of hydrogen-bond donors (Lipinski definition) is 3. The number of aromatic nitrogens is 4. The van der Waals surface area contributed by atoms with Crippen LogP contribution in [0.2, 0.25) is 0 Å². The third-order valence-corrected chi connectivity index (χ3v) is 4.99. The first-order valence-corrected chi connectivity index (χ1v) is 10.4. The third kappa shape index (κ3) is 6.01. The molecule has 0 saturated carbocycles. The molecule has 0 saturated heterocycles. The number of nitrogens with one attached hydrogen (secondary N) is 3. The predicted molar refractivity (Wildman–Crippen MR) is 125 cm³/mol. The molecule has 1 unspecified atom stereocenters.